The molecule has 17 heavy (non-hydrogen) atoms. The Balaban J connectivity index is 1.97. The maximum Gasteiger partial charge on any atom is 0.110 e. The van der Waals surface area contributed by atoms with Crippen molar-refractivity contribution in [2.24, 2.45) is 7.05 Å². The van der Waals surface area contributed by atoms with Crippen LogP contribution in [-0.4, -0.2) is 22.6 Å². The molecule has 0 saturated carbocycles. The number of imidazole rings is 1. The van der Waals surface area contributed by atoms with E-state index in [1.54, 1.807) is 0 Å². The molecule has 2 rings (SSSR count). The average Bonchev–Trinajstić information content (AvgIpc) is 2.67. The molecule has 3 nitrogen and oxygen atoms in total. The van der Waals surface area contributed by atoms with Crippen molar-refractivity contribution in [3.63, 3.8) is 0 Å². The molecule has 0 amide bonds. The predicted octanol–water partition coefficient (Wildman–Crippen LogP) is 2.51. The summed E-state index contributed by atoms with van der Waals surface area (Å²) in [7, 11) is 2.09. The van der Waals surface area contributed by atoms with Gasteiger partial charge >= 0.3 is 0 Å². The molecule has 0 fully saturated rings. The van der Waals surface area contributed by atoms with E-state index in [2.05, 4.69) is 47.0 Å². The second kappa shape index (κ2) is 5.82. The summed E-state index contributed by atoms with van der Waals surface area (Å²) < 4.78 is 2.19. The van der Waals surface area contributed by atoms with E-state index in [0.29, 0.717) is 0 Å². The van der Waals surface area contributed by atoms with Crippen molar-refractivity contribution in [2.75, 3.05) is 13.1 Å². The van der Waals surface area contributed by atoms with Crippen LogP contribution in [0, 0.1) is 0 Å². The number of hydrogen-bond donors (Lipinski definition) is 1. The van der Waals surface area contributed by atoms with Crippen LogP contribution in [0.15, 0.2) is 24.3 Å². The third-order valence-corrected chi connectivity index (χ3v) is 3.11. The fourth-order valence-corrected chi connectivity index (χ4v) is 2.05. The molecular weight excluding hydrogens is 210 g/mol. The first kappa shape index (κ1) is 12.1. The number of nitrogens with one attached hydrogen (secondary N) is 1. The third-order valence-electron chi connectivity index (χ3n) is 3.11. The van der Waals surface area contributed by atoms with Crippen molar-refractivity contribution < 1.29 is 0 Å². The van der Waals surface area contributed by atoms with Crippen LogP contribution in [0.1, 0.15) is 25.6 Å². The van der Waals surface area contributed by atoms with E-state index < -0.39 is 0 Å². The molecule has 0 aliphatic heterocycles. The third kappa shape index (κ3) is 2.86. The Kier molecular flexibility index (Phi) is 4.15. The molecule has 0 bridgehead atoms. The number of hydrogen-bond acceptors (Lipinski definition) is 2. The molecule has 0 atom stereocenters. The molecule has 0 spiro atoms. The highest BCUT2D eigenvalue weighted by Crippen LogP contribution is 2.14. The molecule has 2 aromatic rings. The second-order valence-corrected chi connectivity index (χ2v) is 4.43. The topological polar surface area (TPSA) is 29.9 Å². The van der Waals surface area contributed by atoms with E-state index in [9.17, 15) is 0 Å². The van der Waals surface area contributed by atoms with Crippen molar-refractivity contribution in [3.8, 4) is 0 Å². The Morgan fingerprint density at radius 3 is 2.82 bits per heavy atom. The summed E-state index contributed by atoms with van der Waals surface area (Å²) in [6, 6.07) is 8.30. The van der Waals surface area contributed by atoms with E-state index in [4.69, 9.17) is 0 Å². The van der Waals surface area contributed by atoms with Crippen molar-refractivity contribution in [2.45, 2.75) is 26.2 Å². The van der Waals surface area contributed by atoms with E-state index >= 15 is 0 Å². The maximum absolute atomic E-state index is 4.65. The van der Waals surface area contributed by atoms with E-state index in [1.165, 1.54) is 18.4 Å². The van der Waals surface area contributed by atoms with Crippen LogP contribution >= 0.6 is 0 Å². The Bertz CT molecular complexity index is 473. The number of para-hydroxylation sites is 2. The van der Waals surface area contributed by atoms with Crippen molar-refractivity contribution in [1.29, 1.82) is 0 Å². The zero-order valence-electron chi connectivity index (χ0n) is 10.7. The van der Waals surface area contributed by atoms with Gasteiger partial charge in [-0.3, -0.25) is 0 Å². The van der Waals surface area contributed by atoms with Crippen LogP contribution in [-0.2, 0) is 13.5 Å². The first-order chi connectivity index (χ1) is 8.33. The zero-order valence-corrected chi connectivity index (χ0v) is 10.7. The quantitative estimate of drug-likeness (QED) is 0.774. The average molecular weight is 231 g/mol. The molecule has 0 saturated heterocycles. The molecule has 1 aromatic carbocycles. The number of rotatable bonds is 6. The van der Waals surface area contributed by atoms with Crippen LogP contribution in [0.3, 0.4) is 0 Å². The largest absolute Gasteiger partial charge is 0.331 e. The van der Waals surface area contributed by atoms with Gasteiger partial charge in [-0.15, -0.1) is 0 Å². The lowest BCUT2D eigenvalue weighted by molar-refractivity contribution is 0.624. The van der Waals surface area contributed by atoms with Crippen molar-refractivity contribution in [3.05, 3.63) is 30.1 Å². The molecular formula is C14H21N3. The standard InChI is InChI=1S/C14H21N3/c1-3-4-10-15-11-9-14-16-12-7-5-6-8-13(12)17(14)2/h5-8,15H,3-4,9-11H2,1-2H3. The molecule has 1 heterocycles. The molecule has 92 valence electrons. The summed E-state index contributed by atoms with van der Waals surface area (Å²) >= 11 is 0. The fourth-order valence-electron chi connectivity index (χ4n) is 2.05. The Labute approximate surface area is 103 Å². The highest BCUT2D eigenvalue weighted by Gasteiger charge is 2.05. The molecule has 1 aromatic heterocycles. The lowest BCUT2D eigenvalue weighted by atomic mass is 10.3. The van der Waals surface area contributed by atoms with Gasteiger partial charge in [0.2, 0.25) is 0 Å². The van der Waals surface area contributed by atoms with Crippen LogP contribution in [0.2, 0.25) is 0 Å². The van der Waals surface area contributed by atoms with Crippen molar-refractivity contribution >= 4 is 11.0 Å². The zero-order chi connectivity index (χ0) is 12.1. The Morgan fingerprint density at radius 1 is 1.24 bits per heavy atom. The van der Waals surface area contributed by atoms with Gasteiger partial charge < -0.3 is 9.88 Å². The summed E-state index contributed by atoms with van der Waals surface area (Å²) in [5.74, 6) is 1.16. The summed E-state index contributed by atoms with van der Waals surface area (Å²) in [6.07, 6.45) is 3.50. The number of benzene rings is 1. The highest BCUT2D eigenvalue weighted by molar-refractivity contribution is 5.75. The van der Waals surface area contributed by atoms with Gasteiger partial charge in [-0.2, -0.15) is 0 Å². The number of unbranched alkanes of at least 4 members (excludes halogenated alkanes) is 1. The number of nitrogens with zero attached hydrogens (tertiary/aromatic N) is 2. The van der Waals surface area contributed by atoms with Crippen molar-refractivity contribution in [1.82, 2.24) is 14.9 Å². The van der Waals surface area contributed by atoms with Crippen LogP contribution in [0.25, 0.3) is 11.0 Å². The van der Waals surface area contributed by atoms with Gasteiger partial charge in [0.25, 0.3) is 0 Å². The lowest BCUT2D eigenvalue weighted by Gasteiger charge is -2.04. The summed E-state index contributed by atoms with van der Waals surface area (Å²) in [5.41, 5.74) is 2.31. The molecule has 3 heteroatoms. The maximum atomic E-state index is 4.65. The van der Waals surface area contributed by atoms with E-state index in [1.807, 2.05) is 6.07 Å². The number of fused-ring (bicyclic) bond motifs is 1. The monoisotopic (exact) mass is 231 g/mol. The molecule has 0 unspecified atom stereocenters. The summed E-state index contributed by atoms with van der Waals surface area (Å²) in [6.45, 7) is 4.34. The first-order valence-electron chi connectivity index (χ1n) is 6.44. The Morgan fingerprint density at radius 2 is 2.06 bits per heavy atom. The van der Waals surface area contributed by atoms with Gasteiger partial charge in [0.1, 0.15) is 5.82 Å². The van der Waals surface area contributed by atoms with Gasteiger partial charge in [0, 0.05) is 20.0 Å². The smallest absolute Gasteiger partial charge is 0.110 e. The molecule has 0 radical (unpaired) electrons. The van der Waals surface area contributed by atoms with Gasteiger partial charge in [-0.1, -0.05) is 25.5 Å². The Hall–Kier alpha value is -1.35. The SMILES string of the molecule is CCCCNCCc1nc2ccccc2n1C. The normalized spacial score (nSPS) is 11.2. The minimum Gasteiger partial charge on any atom is -0.331 e. The second-order valence-electron chi connectivity index (χ2n) is 4.43. The van der Waals surface area contributed by atoms with Crippen LogP contribution in [0.5, 0.6) is 0 Å². The minimum absolute atomic E-state index is 0.995. The highest BCUT2D eigenvalue weighted by atomic mass is 15.1. The minimum atomic E-state index is 0.995. The van der Waals surface area contributed by atoms with Gasteiger partial charge in [0.15, 0.2) is 0 Å². The molecule has 1 N–H and O–H groups in total. The van der Waals surface area contributed by atoms with E-state index in [-0.39, 0.29) is 0 Å². The lowest BCUT2D eigenvalue weighted by Crippen LogP contribution is -2.19. The molecule has 0 aliphatic rings. The van der Waals surface area contributed by atoms with Gasteiger partial charge in [0.05, 0.1) is 11.0 Å². The predicted molar refractivity (Wildman–Crippen MR) is 72.2 cm³/mol. The molecule has 0 aliphatic carbocycles. The van der Waals surface area contributed by atoms with Crippen LogP contribution in [0.4, 0.5) is 0 Å². The summed E-state index contributed by atoms with van der Waals surface area (Å²) in [5, 5.41) is 3.45. The van der Waals surface area contributed by atoms with Gasteiger partial charge in [-0.25, -0.2) is 4.98 Å². The van der Waals surface area contributed by atoms with E-state index in [0.717, 1.165) is 30.9 Å². The van der Waals surface area contributed by atoms with Crippen LogP contribution < -0.4 is 5.32 Å². The summed E-state index contributed by atoms with van der Waals surface area (Å²) in [4.78, 5) is 4.65. The van der Waals surface area contributed by atoms with Gasteiger partial charge in [-0.05, 0) is 25.1 Å². The number of aromatic nitrogens is 2. The number of aryl methyl sites for hydroxylation is 1. The fraction of sp³-hybridized carbons (Fsp3) is 0.500. The first-order valence-corrected chi connectivity index (χ1v) is 6.44.